The summed E-state index contributed by atoms with van der Waals surface area (Å²) in [6.07, 6.45) is 12.1. The Morgan fingerprint density at radius 2 is 1.91 bits per heavy atom. The Morgan fingerprint density at radius 1 is 1.09 bits per heavy atom. The van der Waals surface area contributed by atoms with Gasteiger partial charge in [0, 0.05) is 42.4 Å². The van der Waals surface area contributed by atoms with Gasteiger partial charge in [0.25, 0.3) is 0 Å². The third kappa shape index (κ3) is 6.14. The van der Waals surface area contributed by atoms with Gasteiger partial charge in [-0.1, -0.05) is 30.9 Å². The molecule has 2 aromatic rings. The molecule has 0 N–H and O–H groups in total. The number of hydrogen-bond donors (Lipinski definition) is 0. The molecule has 1 saturated carbocycles. The van der Waals surface area contributed by atoms with E-state index >= 15 is 0 Å². The van der Waals surface area contributed by atoms with Crippen molar-refractivity contribution in [2.24, 2.45) is 15.9 Å². The molecule has 2 aromatic heterocycles. The molecule has 1 fully saturated rings. The smallest absolute Gasteiger partial charge is 0.433 e. The van der Waals surface area contributed by atoms with E-state index in [1.807, 2.05) is 43.1 Å². The molecule has 4 heterocycles. The summed E-state index contributed by atoms with van der Waals surface area (Å²) in [4.78, 5) is 24.7. The molecule has 11 heteroatoms. The standard InChI is InChI=1S/C33H33F3N6O2/c1-19(2)44-25-14-15-26(33(34,35)36)40-28(25)22-7-5-6-21(9-11-22)17-42-20(3)8-10-24-16-37-30(41-31(24)42)27-29(23-12-13-23)38-18-39-32(27)43-4/h5,7-11,14-16,18-19,23,27,32H,3,6,12-13,17H2,1-2,4H3. The molecule has 2 atom stereocenters. The monoisotopic (exact) mass is 602 g/mol. The second-order valence-electron chi connectivity index (χ2n) is 11.4. The molecule has 228 valence electrons. The van der Waals surface area contributed by atoms with Crippen LogP contribution in [0.2, 0.25) is 0 Å². The minimum atomic E-state index is -4.57. The highest BCUT2D eigenvalue weighted by molar-refractivity contribution is 6.00. The average molecular weight is 603 g/mol. The van der Waals surface area contributed by atoms with E-state index in [4.69, 9.17) is 19.4 Å². The number of aliphatic imine (C=N–C) groups is 2. The largest absolute Gasteiger partial charge is 0.489 e. The number of methoxy groups -OCH3 is 1. The Balaban J connectivity index is 1.31. The van der Waals surface area contributed by atoms with Crippen molar-refractivity contribution in [2.75, 3.05) is 18.6 Å². The molecular formula is C33H33F3N6O2. The highest BCUT2D eigenvalue weighted by Gasteiger charge is 2.41. The number of allylic oxidation sites excluding steroid dienone is 6. The first-order valence-electron chi connectivity index (χ1n) is 14.6. The van der Waals surface area contributed by atoms with E-state index in [2.05, 4.69) is 21.5 Å². The maximum atomic E-state index is 13.5. The second-order valence-corrected chi connectivity index (χ2v) is 11.4. The van der Waals surface area contributed by atoms with Crippen LogP contribution in [0.1, 0.15) is 61.8 Å². The third-order valence-electron chi connectivity index (χ3n) is 7.73. The van der Waals surface area contributed by atoms with Crippen LogP contribution in [0, 0.1) is 5.92 Å². The highest BCUT2D eigenvalue weighted by Crippen LogP contribution is 2.40. The number of hydrogen-bond acceptors (Lipinski definition) is 8. The summed E-state index contributed by atoms with van der Waals surface area (Å²) in [5, 5.41) is 0. The summed E-state index contributed by atoms with van der Waals surface area (Å²) in [5.74, 6) is 1.71. The second kappa shape index (κ2) is 12.0. The molecule has 0 amide bonds. The number of anilines is 1. The molecular weight excluding hydrogens is 569 g/mol. The zero-order chi connectivity index (χ0) is 31.0. The molecule has 6 rings (SSSR count). The summed E-state index contributed by atoms with van der Waals surface area (Å²) >= 11 is 0. The molecule has 8 nitrogen and oxygen atoms in total. The van der Waals surface area contributed by atoms with Gasteiger partial charge in [-0.15, -0.1) is 0 Å². The Labute approximate surface area is 254 Å². The van der Waals surface area contributed by atoms with E-state index in [1.165, 1.54) is 6.07 Å². The van der Waals surface area contributed by atoms with Crippen LogP contribution < -0.4 is 9.64 Å². The molecule has 0 bridgehead atoms. The molecule has 0 saturated heterocycles. The van der Waals surface area contributed by atoms with Crippen molar-refractivity contribution in [3.8, 4) is 5.75 Å². The number of nitrogens with zero attached hydrogens (tertiary/aromatic N) is 6. The van der Waals surface area contributed by atoms with Gasteiger partial charge in [-0.05, 0) is 68.9 Å². The van der Waals surface area contributed by atoms with Crippen molar-refractivity contribution in [3.63, 3.8) is 0 Å². The van der Waals surface area contributed by atoms with Gasteiger partial charge in [0.1, 0.15) is 41.0 Å². The average Bonchev–Trinajstić information content (AvgIpc) is 3.86. The Hall–Kier alpha value is -4.38. The number of fused-ring (bicyclic) bond motifs is 1. The first-order chi connectivity index (χ1) is 21.1. The van der Waals surface area contributed by atoms with Crippen LogP contribution in [0.4, 0.5) is 19.0 Å². The van der Waals surface area contributed by atoms with Crippen molar-refractivity contribution in [1.29, 1.82) is 0 Å². The highest BCUT2D eigenvalue weighted by atomic mass is 19.4. The van der Waals surface area contributed by atoms with Gasteiger partial charge in [0.05, 0.1) is 6.10 Å². The summed E-state index contributed by atoms with van der Waals surface area (Å²) in [5.41, 5.74) is 3.32. The number of ether oxygens (including phenoxy) is 2. The molecule has 4 aliphatic rings. The Kier molecular flexibility index (Phi) is 8.06. The van der Waals surface area contributed by atoms with E-state index in [9.17, 15) is 13.2 Å². The van der Waals surface area contributed by atoms with Gasteiger partial charge in [-0.25, -0.2) is 24.9 Å². The number of pyridine rings is 1. The van der Waals surface area contributed by atoms with Crippen LogP contribution in [0.5, 0.6) is 5.75 Å². The van der Waals surface area contributed by atoms with E-state index < -0.39 is 18.1 Å². The van der Waals surface area contributed by atoms with Crippen LogP contribution in [0.25, 0.3) is 11.6 Å². The zero-order valence-corrected chi connectivity index (χ0v) is 24.8. The van der Waals surface area contributed by atoms with Crippen LogP contribution in [0.15, 0.2) is 76.5 Å². The fraction of sp³-hybridized carbons (Fsp3) is 0.364. The molecule has 44 heavy (non-hydrogen) atoms. The van der Waals surface area contributed by atoms with Crippen LogP contribution in [-0.2, 0) is 10.9 Å². The number of alkyl halides is 3. The number of halogens is 3. The van der Waals surface area contributed by atoms with E-state index in [-0.39, 0.29) is 17.7 Å². The van der Waals surface area contributed by atoms with Crippen molar-refractivity contribution in [2.45, 2.75) is 57.5 Å². The molecule has 0 spiro atoms. The molecule has 2 aliphatic carbocycles. The van der Waals surface area contributed by atoms with Crippen LogP contribution in [-0.4, -0.2) is 53.0 Å². The lowest BCUT2D eigenvalue weighted by atomic mass is 9.95. The summed E-state index contributed by atoms with van der Waals surface area (Å²) in [6, 6.07) is 2.28. The summed E-state index contributed by atoms with van der Waals surface area (Å²) < 4.78 is 52.1. The Morgan fingerprint density at radius 3 is 2.64 bits per heavy atom. The predicted molar refractivity (Wildman–Crippen MR) is 165 cm³/mol. The van der Waals surface area contributed by atoms with Crippen molar-refractivity contribution in [1.82, 2.24) is 15.0 Å². The zero-order valence-electron chi connectivity index (χ0n) is 24.8. The van der Waals surface area contributed by atoms with Crippen molar-refractivity contribution < 1.29 is 22.6 Å². The molecule has 2 aliphatic heterocycles. The maximum absolute atomic E-state index is 13.5. The normalized spacial score (nSPS) is 21.6. The van der Waals surface area contributed by atoms with E-state index in [0.717, 1.165) is 41.5 Å². The molecule has 2 unspecified atom stereocenters. The van der Waals surface area contributed by atoms with E-state index in [1.54, 1.807) is 31.8 Å². The third-order valence-corrected chi connectivity index (χ3v) is 7.73. The minimum Gasteiger partial charge on any atom is -0.489 e. The number of aromatic nitrogens is 3. The quantitative estimate of drug-likeness (QED) is 0.325. The summed E-state index contributed by atoms with van der Waals surface area (Å²) in [7, 11) is 1.63. The SMILES string of the molecule is C=C1C=Cc2cnc(C3C(C4CC4)=NC=NC3OC)nc2N1CC1=CC=C(c2nc(C(F)(F)F)ccc2OC(C)C)C=CC1. The van der Waals surface area contributed by atoms with Crippen molar-refractivity contribution >= 4 is 29.5 Å². The Bertz CT molecular complexity index is 1650. The van der Waals surface area contributed by atoms with Gasteiger partial charge in [-0.3, -0.25) is 0 Å². The predicted octanol–water partition coefficient (Wildman–Crippen LogP) is 6.94. The van der Waals surface area contributed by atoms with Crippen molar-refractivity contribution in [3.05, 3.63) is 89.3 Å². The summed E-state index contributed by atoms with van der Waals surface area (Å²) in [6.45, 7) is 8.36. The van der Waals surface area contributed by atoms with Gasteiger partial charge < -0.3 is 14.4 Å². The van der Waals surface area contributed by atoms with Crippen LogP contribution >= 0.6 is 0 Å². The van der Waals surface area contributed by atoms with Crippen LogP contribution in [0.3, 0.4) is 0 Å². The minimum absolute atomic E-state index is 0.145. The first kappa shape index (κ1) is 29.7. The van der Waals surface area contributed by atoms with E-state index in [0.29, 0.717) is 41.8 Å². The molecule has 0 radical (unpaired) electrons. The van der Waals surface area contributed by atoms with Gasteiger partial charge in [-0.2, -0.15) is 13.2 Å². The topological polar surface area (TPSA) is 85.1 Å². The van der Waals surface area contributed by atoms with Gasteiger partial charge >= 0.3 is 6.18 Å². The lowest BCUT2D eigenvalue weighted by Crippen LogP contribution is -2.33. The lowest BCUT2D eigenvalue weighted by molar-refractivity contribution is -0.141. The number of rotatable bonds is 8. The molecule has 0 aromatic carbocycles. The first-order valence-corrected chi connectivity index (χ1v) is 14.6. The maximum Gasteiger partial charge on any atom is 0.433 e. The lowest BCUT2D eigenvalue weighted by Gasteiger charge is -2.31. The fourth-order valence-electron chi connectivity index (χ4n) is 5.45. The fourth-order valence-corrected chi connectivity index (χ4v) is 5.45. The van der Waals surface area contributed by atoms with Gasteiger partial charge in [0.15, 0.2) is 6.23 Å². The van der Waals surface area contributed by atoms with Gasteiger partial charge in [0.2, 0.25) is 0 Å².